The van der Waals surface area contributed by atoms with E-state index < -0.39 is 0 Å². The van der Waals surface area contributed by atoms with Crippen LogP contribution in [0.1, 0.15) is 0 Å². The van der Waals surface area contributed by atoms with Gasteiger partial charge in [-0.1, -0.05) is 0 Å². The molecular formula is Al3N11Pt3Ti3. The summed E-state index contributed by atoms with van der Waals surface area (Å²) in [5, 5.41) is 0. The van der Waals surface area contributed by atoms with Crippen LogP contribution in [0.3, 0.4) is 0 Å². The molecule has 0 saturated heterocycles. The Morgan fingerprint density at radius 3 is 0.200 bits per heavy atom. The molecule has 0 aromatic rings. The van der Waals surface area contributed by atoms with Gasteiger partial charge in [-0.3, -0.25) is 0 Å². The van der Waals surface area contributed by atoms with Crippen LogP contribution < -0.4 is 0 Å². The molecule has 0 N–H and O–H groups in total. The van der Waals surface area contributed by atoms with E-state index in [1.165, 1.54) is 0 Å². The summed E-state index contributed by atoms with van der Waals surface area (Å²) in [4.78, 5) is 0. The van der Waals surface area contributed by atoms with E-state index in [9.17, 15) is 0 Å². The van der Waals surface area contributed by atoms with Crippen LogP contribution in [0.15, 0.2) is 0 Å². The molecule has 0 amide bonds. The van der Waals surface area contributed by atoms with Crippen LogP contribution in [-0.2, 0) is 128 Å². The van der Waals surface area contributed by atoms with Crippen molar-refractivity contribution in [2.75, 3.05) is 0 Å². The molecule has 0 atom stereocenters. The Hall–Kier alpha value is 5.37. The molecule has 20 heavy (non-hydrogen) atoms. The largest absolute Gasteiger partial charge is 4.00 e. The Labute approximate surface area is 244 Å². The quantitative estimate of drug-likeness (QED) is 0.315. The topological polar surface area (TPSA) is 336 Å². The van der Waals surface area contributed by atoms with Gasteiger partial charge in [0.2, 0.25) is 0 Å². The Kier molecular flexibility index (Phi) is 12100. The maximum atomic E-state index is 0. The average molecular weight is 964 g/mol. The molecule has 11 nitrogen and oxygen atoms in total. The van der Waals surface area contributed by atoms with Gasteiger partial charge in [-0.15, -0.1) is 0 Å². The van der Waals surface area contributed by atoms with Crippen LogP contribution >= 0.6 is 0 Å². The van der Waals surface area contributed by atoms with Gasteiger partial charge in [0.25, 0.3) is 0 Å². The summed E-state index contributed by atoms with van der Waals surface area (Å²) in [6.45, 7) is 0. The van der Waals surface area contributed by atoms with Crippen molar-refractivity contribution < 1.29 is 128 Å². The van der Waals surface area contributed by atoms with Crippen molar-refractivity contribution in [1.29, 1.82) is 0 Å². The molecule has 0 radical (unpaired) electrons. The van der Waals surface area contributed by atoms with Crippen LogP contribution in [-0.4, -0.2) is 52.1 Å². The van der Waals surface area contributed by atoms with Gasteiger partial charge in [-0.25, -0.2) is 0 Å². The zero-order chi connectivity index (χ0) is 0. The Morgan fingerprint density at radius 1 is 0.200 bits per heavy atom. The third-order valence-corrected chi connectivity index (χ3v) is 0. The van der Waals surface area contributed by atoms with E-state index in [0.717, 1.165) is 0 Å². The molecule has 0 aliphatic rings. The van der Waals surface area contributed by atoms with Gasteiger partial charge in [0.05, 0.1) is 0 Å². The summed E-state index contributed by atoms with van der Waals surface area (Å²) < 4.78 is 0. The second kappa shape index (κ2) is 462. The molecule has 0 fully saturated rings. The fourth-order valence-corrected chi connectivity index (χ4v) is 0. The molecular weight excluding hydrogens is 964 g/mol. The van der Waals surface area contributed by atoms with Crippen molar-refractivity contribution >= 4 is 52.1 Å². The molecule has 106 valence electrons. The zero-order valence-corrected chi connectivity index (χ0v) is 24.1. The molecule has 0 unspecified atom stereocenters. The summed E-state index contributed by atoms with van der Waals surface area (Å²) in [6.07, 6.45) is 0. The van der Waals surface area contributed by atoms with Crippen molar-refractivity contribution in [2.45, 2.75) is 0 Å². The minimum Gasteiger partial charge on any atom is -3.00 e. The number of hydrogen-bond donors (Lipinski definition) is 0. The maximum absolute atomic E-state index is 0. The molecule has 0 aliphatic heterocycles. The van der Waals surface area contributed by atoms with Crippen molar-refractivity contribution in [1.82, 2.24) is 0 Å². The van der Waals surface area contributed by atoms with Crippen molar-refractivity contribution in [2.24, 2.45) is 0 Å². The van der Waals surface area contributed by atoms with E-state index in [1.807, 2.05) is 0 Å². The molecule has 0 aliphatic carbocycles. The number of rotatable bonds is 0. The second-order valence-corrected chi connectivity index (χ2v) is 0. The summed E-state index contributed by atoms with van der Waals surface area (Å²) in [5.41, 5.74) is 0. The van der Waals surface area contributed by atoms with Gasteiger partial charge in [0, 0.05) is 0 Å². The fourth-order valence-electron chi connectivity index (χ4n) is 0. The smallest absolute Gasteiger partial charge is 3.00 e. The molecule has 0 aromatic carbocycles. The van der Waals surface area contributed by atoms with E-state index >= 15 is 0 Å². The van der Waals surface area contributed by atoms with Crippen LogP contribution in [0.2, 0.25) is 0 Å². The molecule has 0 bridgehead atoms. The van der Waals surface area contributed by atoms with Crippen LogP contribution in [0.25, 0.3) is 67.7 Å². The molecule has 0 spiro atoms. The molecule has 0 heterocycles. The first-order valence-corrected chi connectivity index (χ1v) is 0. The third-order valence-electron chi connectivity index (χ3n) is 0. The molecule has 0 rings (SSSR count). The SMILES string of the molecule is [Al+3].[Al+3].[Al+3].[N-3].[N-3].[N-3].[N-3].[N-3].[N-3].[N-3].[N-3].[N-3].[N-3].[N-3].[Pt+4].[Pt+4].[Pt+4].[Ti+4].[Ti+4].[Ti+4]. The number of hydrogen-bond acceptors (Lipinski definition) is 0. The van der Waals surface area contributed by atoms with E-state index in [4.69, 9.17) is 0 Å². The van der Waals surface area contributed by atoms with E-state index in [-0.39, 0.29) is 248 Å². The Balaban J connectivity index is 0. The predicted octanol–water partition coefficient (Wildman–Crippen LogP) is 2.02. The van der Waals surface area contributed by atoms with E-state index in [0.29, 0.717) is 0 Å². The van der Waals surface area contributed by atoms with Crippen molar-refractivity contribution in [3.63, 3.8) is 0 Å². The van der Waals surface area contributed by atoms with Gasteiger partial charge >= 0.3 is 180 Å². The van der Waals surface area contributed by atoms with Crippen molar-refractivity contribution in [3.8, 4) is 0 Å². The first-order chi connectivity index (χ1) is 0. The minimum absolute atomic E-state index is 0. The van der Waals surface area contributed by atoms with E-state index in [2.05, 4.69) is 0 Å². The summed E-state index contributed by atoms with van der Waals surface area (Å²) in [6, 6.07) is 0. The van der Waals surface area contributed by atoms with Crippen LogP contribution in [0, 0.1) is 0 Å². The van der Waals surface area contributed by atoms with Crippen LogP contribution in [0.5, 0.6) is 0 Å². The summed E-state index contributed by atoms with van der Waals surface area (Å²) in [7, 11) is 0. The second-order valence-electron chi connectivity index (χ2n) is 0. The maximum Gasteiger partial charge on any atom is 4.00 e. The van der Waals surface area contributed by atoms with Gasteiger partial charge < -0.3 is 67.7 Å². The molecule has 20 heteroatoms. The first-order valence-electron chi connectivity index (χ1n) is 0. The minimum atomic E-state index is 0. The summed E-state index contributed by atoms with van der Waals surface area (Å²) in [5.74, 6) is 0. The zero-order valence-electron chi connectivity index (χ0n) is 9.10. The summed E-state index contributed by atoms with van der Waals surface area (Å²) >= 11 is 0. The predicted molar refractivity (Wildman–Crippen MR) is 54.2 cm³/mol. The van der Waals surface area contributed by atoms with Gasteiger partial charge in [-0.2, -0.15) is 0 Å². The Bertz CT molecular complexity index is 34.1. The fraction of sp³-hybridized carbons (Fsp3) is 0. The standard InChI is InChI=1S/3Al.11N.3Pt.3Ti/q3*+3;11*-3;6*+4. The average Bonchev–Trinajstić information content (AvgIpc) is 0. The third kappa shape index (κ3) is 406. The normalized spacial score (nSPS) is 0. The molecule has 0 aromatic heterocycles. The van der Waals surface area contributed by atoms with Gasteiger partial charge in [0.15, 0.2) is 0 Å². The monoisotopic (exact) mass is 964 g/mol. The first kappa shape index (κ1) is 523. The van der Waals surface area contributed by atoms with Crippen LogP contribution in [0.4, 0.5) is 0 Å². The number of nitrogens with zero attached hydrogens (tertiary/aromatic N) is 11. The Morgan fingerprint density at radius 2 is 0.200 bits per heavy atom. The molecule has 0 saturated carbocycles. The van der Waals surface area contributed by atoms with E-state index in [1.54, 1.807) is 0 Å². The van der Waals surface area contributed by atoms with Gasteiger partial charge in [-0.05, 0) is 0 Å². The van der Waals surface area contributed by atoms with Gasteiger partial charge in [0.1, 0.15) is 0 Å². The van der Waals surface area contributed by atoms with Crippen molar-refractivity contribution in [3.05, 3.63) is 67.7 Å².